The summed E-state index contributed by atoms with van der Waals surface area (Å²) in [5, 5.41) is 6.61. The lowest BCUT2D eigenvalue weighted by atomic mass is 10.2. The van der Waals surface area contributed by atoms with Gasteiger partial charge in [-0.15, -0.1) is 0 Å². The van der Waals surface area contributed by atoms with E-state index in [1.807, 2.05) is 37.3 Å². The van der Waals surface area contributed by atoms with Gasteiger partial charge in [-0.25, -0.2) is 5.43 Å². The molecule has 0 atom stereocenters. The summed E-state index contributed by atoms with van der Waals surface area (Å²) in [4.78, 5) is 23.8. The number of hydrogen-bond acceptors (Lipinski definition) is 5. The Morgan fingerprint density at radius 1 is 1.04 bits per heavy atom. The molecule has 0 aromatic heterocycles. The molecule has 2 N–H and O–H groups in total. The number of methoxy groups -OCH3 is 1. The molecule has 0 unspecified atom stereocenters. The molecule has 0 aliphatic rings. The first kappa shape index (κ1) is 20.0. The third kappa shape index (κ3) is 6.81. The Hall–Kier alpha value is -3.35. The van der Waals surface area contributed by atoms with E-state index in [9.17, 15) is 9.59 Å². The number of carbonyl (C=O) groups excluding carboxylic acids is 2. The molecule has 0 spiro atoms. The molecule has 27 heavy (non-hydrogen) atoms. The van der Waals surface area contributed by atoms with Crippen LogP contribution in [0.4, 0.5) is 5.69 Å². The van der Waals surface area contributed by atoms with Gasteiger partial charge in [0.2, 0.25) is 11.8 Å². The van der Waals surface area contributed by atoms with E-state index in [-0.39, 0.29) is 24.7 Å². The van der Waals surface area contributed by atoms with E-state index in [1.54, 1.807) is 18.2 Å². The summed E-state index contributed by atoms with van der Waals surface area (Å²) < 4.78 is 10.5. The van der Waals surface area contributed by atoms with Crippen molar-refractivity contribution in [3.8, 4) is 11.5 Å². The number of nitrogens with zero attached hydrogens (tertiary/aromatic N) is 1. The van der Waals surface area contributed by atoms with Crippen molar-refractivity contribution in [2.45, 2.75) is 19.8 Å². The standard InChI is InChI=1S/C20H23N3O4/c1-3-27-16-10-8-15(9-11-16)14-21-23-20(25)13-12-19(24)22-17-6-4-5-7-18(17)26-2/h4-11,14H,3,12-13H2,1-2H3,(H,22,24)(H,23,25). The SMILES string of the molecule is CCOc1ccc(C=NNC(=O)CCC(=O)Nc2ccccc2OC)cc1. The number of ether oxygens (including phenoxy) is 2. The van der Waals surface area contributed by atoms with Crippen LogP contribution in [-0.2, 0) is 9.59 Å². The van der Waals surface area contributed by atoms with Gasteiger partial charge in [-0.2, -0.15) is 5.10 Å². The minimum absolute atomic E-state index is 0.0294. The van der Waals surface area contributed by atoms with E-state index in [0.29, 0.717) is 18.0 Å². The predicted octanol–water partition coefficient (Wildman–Crippen LogP) is 2.96. The van der Waals surface area contributed by atoms with Crippen molar-refractivity contribution in [1.82, 2.24) is 5.43 Å². The highest BCUT2D eigenvalue weighted by atomic mass is 16.5. The Kier molecular flexibility index (Phi) is 7.84. The van der Waals surface area contributed by atoms with Crippen molar-refractivity contribution < 1.29 is 19.1 Å². The highest BCUT2D eigenvalue weighted by molar-refractivity contribution is 5.94. The quantitative estimate of drug-likeness (QED) is 0.525. The van der Waals surface area contributed by atoms with Gasteiger partial charge >= 0.3 is 0 Å². The number of anilines is 1. The van der Waals surface area contributed by atoms with Crippen LogP contribution in [0, 0.1) is 0 Å². The predicted molar refractivity (Wildman–Crippen MR) is 104 cm³/mol. The van der Waals surface area contributed by atoms with Crippen LogP contribution < -0.4 is 20.2 Å². The van der Waals surface area contributed by atoms with Gasteiger partial charge < -0.3 is 14.8 Å². The Bertz CT molecular complexity index is 788. The monoisotopic (exact) mass is 369 g/mol. The third-order valence-corrected chi connectivity index (χ3v) is 3.55. The fourth-order valence-corrected chi connectivity index (χ4v) is 2.24. The number of rotatable bonds is 9. The summed E-state index contributed by atoms with van der Waals surface area (Å²) in [5.74, 6) is 0.729. The Labute approximate surface area is 158 Å². The molecular weight excluding hydrogens is 346 g/mol. The zero-order chi connectivity index (χ0) is 19.5. The van der Waals surface area contributed by atoms with Gasteiger partial charge in [0.25, 0.3) is 0 Å². The summed E-state index contributed by atoms with van der Waals surface area (Å²) in [7, 11) is 1.53. The smallest absolute Gasteiger partial charge is 0.240 e. The van der Waals surface area contributed by atoms with Crippen LogP contribution in [-0.4, -0.2) is 31.7 Å². The molecule has 7 nitrogen and oxygen atoms in total. The Morgan fingerprint density at radius 2 is 1.74 bits per heavy atom. The number of benzene rings is 2. The maximum Gasteiger partial charge on any atom is 0.240 e. The second-order valence-electron chi connectivity index (χ2n) is 5.54. The van der Waals surface area contributed by atoms with E-state index in [0.717, 1.165) is 11.3 Å². The second kappa shape index (κ2) is 10.6. The maximum absolute atomic E-state index is 12.0. The van der Waals surface area contributed by atoms with Crippen molar-refractivity contribution >= 4 is 23.7 Å². The number of amides is 2. The summed E-state index contributed by atoms with van der Waals surface area (Å²) >= 11 is 0. The number of hydrogen-bond donors (Lipinski definition) is 2. The fourth-order valence-electron chi connectivity index (χ4n) is 2.24. The Balaban J connectivity index is 1.74. The first-order chi connectivity index (χ1) is 13.1. The second-order valence-corrected chi connectivity index (χ2v) is 5.54. The molecule has 0 bridgehead atoms. The lowest BCUT2D eigenvalue weighted by Gasteiger charge is -2.09. The van der Waals surface area contributed by atoms with Gasteiger partial charge in [0.05, 0.1) is 25.6 Å². The van der Waals surface area contributed by atoms with Crippen molar-refractivity contribution in [2.75, 3.05) is 19.0 Å². The summed E-state index contributed by atoms with van der Waals surface area (Å²) in [6, 6.07) is 14.4. The highest BCUT2D eigenvalue weighted by Crippen LogP contribution is 2.23. The average Bonchev–Trinajstić information content (AvgIpc) is 2.68. The minimum Gasteiger partial charge on any atom is -0.495 e. The molecule has 2 amide bonds. The van der Waals surface area contributed by atoms with Crippen LogP contribution in [0.15, 0.2) is 53.6 Å². The fraction of sp³-hybridized carbons (Fsp3) is 0.250. The maximum atomic E-state index is 12.0. The number of carbonyl (C=O) groups is 2. The van der Waals surface area contributed by atoms with Gasteiger partial charge in [0.1, 0.15) is 11.5 Å². The largest absolute Gasteiger partial charge is 0.495 e. The van der Waals surface area contributed by atoms with Crippen molar-refractivity contribution in [3.05, 3.63) is 54.1 Å². The van der Waals surface area contributed by atoms with E-state index >= 15 is 0 Å². The molecule has 142 valence electrons. The third-order valence-electron chi connectivity index (χ3n) is 3.55. The number of para-hydroxylation sites is 2. The first-order valence-electron chi connectivity index (χ1n) is 8.60. The van der Waals surface area contributed by atoms with Crippen LogP contribution in [0.2, 0.25) is 0 Å². The number of nitrogens with one attached hydrogen (secondary N) is 2. The molecular formula is C20H23N3O4. The van der Waals surface area contributed by atoms with E-state index in [1.165, 1.54) is 13.3 Å². The molecule has 2 aromatic carbocycles. The van der Waals surface area contributed by atoms with Crippen molar-refractivity contribution in [2.24, 2.45) is 5.10 Å². The van der Waals surface area contributed by atoms with Crippen molar-refractivity contribution in [1.29, 1.82) is 0 Å². The topological polar surface area (TPSA) is 89.0 Å². The van der Waals surface area contributed by atoms with Crippen molar-refractivity contribution in [3.63, 3.8) is 0 Å². The average molecular weight is 369 g/mol. The molecule has 0 fully saturated rings. The van der Waals surface area contributed by atoms with E-state index < -0.39 is 0 Å². The summed E-state index contributed by atoms with van der Waals surface area (Å²) in [6.45, 7) is 2.52. The number of hydrazone groups is 1. The Morgan fingerprint density at radius 3 is 2.44 bits per heavy atom. The van der Waals surface area contributed by atoms with Gasteiger partial charge in [-0.3, -0.25) is 9.59 Å². The molecule has 0 heterocycles. The zero-order valence-corrected chi connectivity index (χ0v) is 15.4. The van der Waals surface area contributed by atoms with Crippen LogP contribution in [0.1, 0.15) is 25.3 Å². The molecule has 7 heteroatoms. The minimum atomic E-state index is -0.340. The van der Waals surface area contributed by atoms with Gasteiger partial charge in [-0.05, 0) is 48.9 Å². The first-order valence-corrected chi connectivity index (χ1v) is 8.60. The highest BCUT2D eigenvalue weighted by Gasteiger charge is 2.09. The molecule has 0 aliphatic carbocycles. The lowest BCUT2D eigenvalue weighted by molar-refractivity contribution is -0.124. The van der Waals surface area contributed by atoms with Crippen LogP contribution in [0.5, 0.6) is 11.5 Å². The zero-order valence-electron chi connectivity index (χ0n) is 15.4. The molecule has 0 saturated heterocycles. The summed E-state index contributed by atoms with van der Waals surface area (Å²) in [5.41, 5.74) is 3.80. The molecule has 2 aromatic rings. The van der Waals surface area contributed by atoms with E-state index in [4.69, 9.17) is 9.47 Å². The summed E-state index contributed by atoms with van der Waals surface area (Å²) in [6.07, 6.45) is 1.60. The van der Waals surface area contributed by atoms with Gasteiger partial charge in [0, 0.05) is 12.8 Å². The normalized spacial score (nSPS) is 10.4. The van der Waals surface area contributed by atoms with Crippen LogP contribution in [0.3, 0.4) is 0 Å². The van der Waals surface area contributed by atoms with Crippen LogP contribution in [0.25, 0.3) is 0 Å². The molecule has 0 radical (unpaired) electrons. The van der Waals surface area contributed by atoms with E-state index in [2.05, 4.69) is 15.8 Å². The molecule has 0 saturated carbocycles. The van der Waals surface area contributed by atoms with Crippen LogP contribution >= 0.6 is 0 Å². The van der Waals surface area contributed by atoms with Gasteiger partial charge in [0.15, 0.2) is 0 Å². The van der Waals surface area contributed by atoms with Gasteiger partial charge in [-0.1, -0.05) is 12.1 Å². The lowest BCUT2D eigenvalue weighted by Crippen LogP contribution is -2.20. The molecule has 0 aliphatic heterocycles. The molecule has 2 rings (SSSR count).